The molecule has 3 N–H and O–H groups in total. The summed E-state index contributed by atoms with van der Waals surface area (Å²) < 4.78 is 0. The summed E-state index contributed by atoms with van der Waals surface area (Å²) in [6, 6.07) is -1.09. The van der Waals surface area contributed by atoms with Crippen LogP contribution in [0.2, 0.25) is 0 Å². The first kappa shape index (κ1) is 16.7. The van der Waals surface area contributed by atoms with Crippen molar-refractivity contribution in [1.82, 2.24) is 10.6 Å². The van der Waals surface area contributed by atoms with Crippen molar-refractivity contribution in [2.24, 2.45) is 5.92 Å². The van der Waals surface area contributed by atoms with Gasteiger partial charge in [-0.3, -0.25) is 0 Å². The van der Waals surface area contributed by atoms with Crippen molar-refractivity contribution in [2.45, 2.75) is 65.5 Å². The van der Waals surface area contributed by atoms with E-state index in [9.17, 15) is 9.59 Å². The number of carboxylic acids is 1. The summed E-state index contributed by atoms with van der Waals surface area (Å²) >= 11 is 0. The maximum atomic E-state index is 11.7. The van der Waals surface area contributed by atoms with Crippen LogP contribution in [0.15, 0.2) is 0 Å². The van der Waals surface area contributed by atoms with Crippen LogP contribution in [0.5, 0.6) is 0 Å². The van der Waals surface area contributed by atoms with Crippen LogP contribution < -0.4 is 10.6 Å². The summed E-state index contributed by atoms with van der Waals surface area (Å²) in [6.45, 7) is 7.92. The molecule has 0 aliphatic heterocycles. The number of rotatable bonds is 8. The maximum Gasteiger partial charge on any atom is 0.326 e. The molecule has 2 unspecified atom stereocenters. The smallest absolute Gasteiger partial charge is 0.326 e. The van der Waals surface area contributed by atoms with E-state index in [1.54, 1.807) is 0 Å². The number of hydrogen-bond acceptors (Lipinski definition) is 2. The van der Waals surface area contributed by atoms with Crippen molar-refractivity contribution < 1.29 is 14.7 Å². The molecule has 0 aromatic heterocycles. The van der Waals surface area contributed by atoms with E-state index in [0.29, 0.717) is 6.42 Å². The molecular formula is C13H26N2O3. The molecule has 0 saturated carbocycles. The summed E-state index contributed by atoms with van der Waals surface area (Å²) in [5.74, 6) is -0.758. The van der Waals surface area contributed by atoms with Crippen molar-refractivity contribution in [3.8, 4) is 0 Å². The largest absolute Gasteiger partial charge is 0.480 e. The molecule has 0 rings (SSSR count). The molecule has 0 saturated heterocycles. The lowest BCUT2D eigenvalue weighted by molar-refractivity contribution is -0.139. The number of carbonyl (C=O) groups is 2. The zero-order valence-corrected chi connectivity index (χ0v) is 11.8. The molecule has 106 valence electrons. The first-order valence-electron chi connectivity index (χ1n) is 6.70. The van der Waals surface area contributed by atoms with Gasteiger partial charge in [-0.1, -0.05) is 34.1 Å². The molecule has 2 amide bonds. The van der Waals surface area contributed by atoms with Gasteiger partial charge in [0.1, 0.15) is 6.04 Å². The van der Waals surface area contributed by atoms with E-state index in [-0.39, 0.29) is 18.0 Å². The van der Waals surface area contributed by atoms with Gasteiger partial charge in [0.25, 0.3) is 0 Å². The van der Waals surface area contributed by atoms with E-state index in [4.69, 9.17) is 5.11 Å². The lowest BCUT2D eigenvalue weighted by atomic mass is 10.0. The molecule has 0 spiro atoms. The first-order valence-corrected chi connectivity index (χ1v) is 6.70. The summed E-state index contributed by atoms with van der Waals surface area (Å²) in [4.78, 5) is 22.7. The zero-order chi connectivity index (χ0) is 14.1. The molecule has 0 aliphatic rings. The van der Waals surface area contributed by atoms with E-state index in [1.165, 1.54) is 0 Å². The third-order valence-electron chi connectivity index (χ3n) is 2.78. The van der Waals surface area contributed by atoms with Crippen molar-refractivity contribution in [2.75, 3.05) is 0 Å². The Morgan fingerprint density at radius 2 is 1.78 bits per heavy atom. The van der Waals surface area contributed by atoms with E-state index < -0.39 is 12.0 Å². The van der Waals surface area contributed by atoms with Gasteiger partial charge in [0.15, 0.2) is 0 Å². The molecule has 0 bridgehead atoms. The van der Waals surface area contributed by atoms with Gasteiger partial charge in [0, 0.05) is 6.04 Å². The van der Waals surface area contributed by atoms with E-state index >= 15 is 0 Å². The van der Waals surface area contributed by atoms with Crippen LogP contribution >= 0.6 is 0 Å². The van der Waals surface area contributed by atoms with Gasteiger partial charge in [-0.2, -0.15) is 0 Å². The van der Waals surface area contributed by atoms with E-state index in [0.717, 1.165) is 19.3 Å². The minimum Gasteiger partial charge on any atom is -0.480 e. The standard InChI is InChI=1S/C13H26N2O3/c1-5-7-10(6-2)14-13(18)15-11(12(16)17)8-9(3)4/h9-11H,5-8H2,1-4H3,(H,16,17)(H2,14,15,18). The quantitative estimate of drug-likeness (QED) is 0.625. The van der Waals surface area contributed by atoms with Crippen LogP contribution in [0.25, 0.3) is 0 Å². The third kappa shape index (κ3) is 7.14. The Bertz CT molecular complexity index is 267. The average Bonchev–Trinajstić information content (AvgIpc) is 2.26. The fourth-order valence-electron chi connectivity index (χ4n) is 1.81. The number of aliphatic carboxylic acids is 1. The molecule has 2 atom stereocenters. The Balaban J connectivity index is 4.28. The Hall–Kier alpha value is -1.26. The van der Waals surface area contributed by atoms with Gasteiger partial charge in [-0.25, -0.2) is 9.59 Å². The second-order valence-corrected chi connectivity index (χ2v) is 5.03. The Labute approximate surface area is 109 Å². The summed E-state index contributed by atoms with van der Waals surface area (Å²) in [5, 5.41) is 14.4. The molecule has 18 heavy (non-hydrogen) atoms. The Kier molecular flexibility index (Phi) is 8.16. The molecule has 0 aliphatic carbocycles. The zero-order valence-electron chi connectivity index (χ0n) is 11.8. The number of hydrogen-bond donors (Lipinski definition) is 3. The second-order valence-electron chi connectivity index (χ2n) is 5.03. The minimum atomic E-state index is -0.984. The highest BCUT2D eigenvalue weighted by Gasteiger charge is 2.21. The highest BCUT2D eigenvalue weighted by molar-refractivity contribution is 5.82. The second kappa shape index (κ2) is 8.78. The van der Waals surface area contributed by atoms with Crippen LogP contribution in [0.4, 0.5) is 4.79 Å². The summed E-state index contributed by atoms with van der Waals surface area (Å²) in [7, 11) is 0. The van der Waals surface area contributed by atoms with E-state index in [2.05, 4.69) is 17.6 Å². The van der Waals surface area contributed by atoms with Crippen molar-refractivity contribution in [1.29, 1.82) is 0 Å². The fraction of sp³-hybridized carbons (Fsp3) is 0.846. The lowest BCUT2D eigenvalue weighted by Gasteiger charge is -2.20. The number of amides is 2. The molecule has 0 radical (unpaired) electrons. The summed E-state index contributed by atoms with van der Waals surface area (Å²) in [6.07, 6.45) is 3.19. The topological polar surface area (TPSA) is 78.4 Å². The molecule has 5 nitrogen and oxygen atoms in total. The minimum absolute atomic E-state index is 0.114. The Morgan fingerprint density at radius 1 is 1.17 bits per heavy atom. The molecular weight excluding hydrogens is 232 g/mol. The van der Waals surface area contributed by atoms with Gasteiger partial charge in [-0.15, -0.1) is 0 Å². The van der Waals surface area contributed by atoms with Crippen LogP contribution in [0.1, 0.15) is 53.4 Å². The maximum absolute atomic E-state index is 11.7. The van der Waals surface area contributed by atoms with Crippen LogP contribution in [0, 0.1) is 5.92 Å². The molecule has 5 heteroatoms. The van der Waals surface area contributed by atoms with Gasteiger partial charge < -0.3 is 15.7 Å². The highest BCUT2D eigenvalue weighted by atomic mass is 16.4. The molecule has 0 aromatic carbocycles. The van der Waals surface area contributed by atoms with Gasteiger partial charge in [0.05, 0.1) is 0 Å². The number of urea groups is 1. The Morgan fingerprint density at radius 3 is 2.17 bits per heavy atom. The lowest BCUT2D eigenvalue weighted by Crippen LogP contribution is -2.49. The van der Waals surface area contributed by atoms with Crippen LogP contribution in [-0.4, -0.2) is 29.2 Å². The number of carbonyl (C=O) groups excluding carboxylic acids is 1. The molecule has 0 fully saturated rings. The summed E-state index contributed by atoms with van der Waals surface area (Å²) in [5.41, 5.74) is 0. The van der Waals surface area contributed by atoms with Crippen LogP contribution in [0.3, 0.4) is 0 Å². The highest BCUT2D eigenvalue weighted by Crippen LogP contribution is 2.05. The number of nitrogens with one attached hydrogen (secondary N) is 2. The van der Waals surface area contributed by atoms with Crippen molar-refractivity contribution >= 4 is 12.0 Å². The van der Waals surface area contributed by atoms with Crippen molar-refractivity contribution in [3.05, 3.63) is 0 Å². The third-order valence-corrected chi connectivity index (χ3v) is 2.78. The monoisotopic (exact) mass is 258 g/mol. The molecule has 0 heterocycles. The van der Waals surface area contributed by atoms with Crippen molar-refractivity contribution in [3.63, 3.8) is 0 Å². The number of carboxylic acid groups (broad SMARTS) is 1. The predicted octanol–water partition coefficient (Wildman–Crippen LogP) is 2.36. The predicted molar refractivity (Wildman–Crippen MR) is 71.5 cm³/mol. The normalized spacial score (nSPS) is 14.1. The van der Waals surface area contributed by atoms with Gasteiger partial charge in [-0.05, 0) is 25.2 Å². The van der Waals surface area contributed by atoms with Gasteiger partial charge in [0.2, 0.25) is 0 Å². The molecule has 0 aromatic rings. The van der Waals surface area contributed by atoms with Gasteiger partial charge >= 0.3 is 12.0 Å². The fourth-order valence-corrected chi connectivity index (χ4v) is 1.81. The SMILES string of the molecule is CCCC(CC)NC(=O)NC(CC(C)C)C(=O)O. The average molecular weight is 258 g/mol. The van der Waals surface area contributed by atoms with Crippen LogP contribution in [-0.2, 0) is 4.79 Å². The van der Waals surface area contributed by atoms with E-state index in [1.807, 2.05) is 20.8 Å². The first-order chi connectivity index (χ1) is 8.40.